The Kier molecular flexibility index (Phi) is 4.28. The topological polar surface area (TPSA) is 115 Å². The van der Waals surface area contributed by atoms with E-state index < -0.39 is 0 Å². The molecule has 1 aliphatic rings. The highest BCUT2D eigenvalue weighted by Crippen LogP contribution is 2.38. The van der Waals surface area contributed by atoms with Gasteiger partial charge in [0, 0.05) is 12.1 Å². The summed E-state index contributed by atoms with van der Waals surface area (Å²) in [5.41, 5.74) is 9.28. The lowest BCUT2D eigenvalue weighted by atomic mass is 10.1. The van der Waals surface area contributed by atoms with Crippen LogP contribution in [-0.2, 0) is 0 Å². The number of fused-ring (bicyclic) bond motifs is 1. The molecule has 0 aromatic carbocycles. The largest absolute Gasteiger partial charge is 0.383 e. The Morgan fingerprint density at radius 2 is 1.96 bits per heavy atom. The zero-order valence-electron chi connectivity index (χ0n) is 15.0. The van der Waals surface area contributed by atoms with E-state index in [9.17, 15) is 0 Å². The molecule has 3 N–H and O–H groups in total. The van der Waals surface area contributed by atoms with Crippen LogP contribution < -0.4 is 11.1 Å². The van der Waals surface area contributed by atoms with Crippen molar-refractivity contribution in [2.75, 3.05) is 11.1 Å². The fraction of sp³-hybridized carbons (Fsp3) is 0.263. The highest BCUT2D eigenvalue weighted by Gasteiger charge is 2.22. The molecule has 1 fully saturated rings. The lowest BCUT2D eigenvalue weighted by Crippen LogP contribution is -1.98. The molecule has 4 aromatic heterocycles. The summed E-state index contributed by atoms with van der Waals surface area (Å²) in [4.78, 5) is 17.1. The van der Waals surface area contributed by atoms with Crippen LogP contribution in [0, 0.1) is 0 Å². The third-order valence-electron chi connectivity index (χ3n) is 4.93. The van der Waals surface area contributed by atoms with Crippen LogP contribution in [0.3, 0.4) is 0 Å². The highest BCUT2D eigenvalue weighted by molar-refractivity contribution is 7.14. The second-order valence-corrected chi connectivity index (χ2v) is 7.84. The monoisotopic (exact) mass is 390 g/mol. The molecule has 0 saturated heterocycles. The van der Waals surface area contributed by atoms with Gasteiger partial charge in [-0.05, 0) is 31.0 Å². The van der Waals surface area contributed by atoms with Crippen molar-refractivity contribution in [3.63, 3.8) is 0 Å². The number of hydrogen-bond donors (Lipinski definition) is 2. The maximum Gasteiger partial charge on any atom is 0.151 e. The Morgan fingerprint density at radius 1 is 1.07 bits per heavy atom. The Labute approximate surface area is 165 Å². The predicted molar refractivity (Wildman–Crippen MR) is 109 cm³/mol. The van der Waals surface area contributed by atoms with E-state index in [1.807, 2.05) is 12.1 Å². The molecule has 5 rings (SSSR count). The van der Waals surface area contributed by atoms with Gasteiger partial charge in [0.15, 0.2) is 5.01 Å². The summed E-state index contributed by atoms with van der Waals surface area (Å²) in [6, 6.07) is 5.62. The van der Waals surface area contributed by atoms with Gasteiger partial charge in [0.2, 0.25) is 0 Å². The van der Waals surface area contributed by atoms with Gasteiger partial charge in [-0.3, -0.25) is 4.98 Å². The number of nitrogens with zero attached hydrogens (tertiary/aromatic N) is 6. The number of nitrogen functional groups attached to an aromatic ring is 1. The summed E-state index contributed by atoms with van der Waals surface area (Å²) in [6.45, 7) is 0. The molecule has 9 heteroatoms. The van der Waals surface area contributed by atoms with Crippen LogP contribution in [0.1, 0.15) is 36.6 Å². The van der Waals surface area contributed by atoms with E-state index in [2.05, 4.69) is 35.5 Å². The van der Waals surface area contributed by atoms with Gasteiger partial charge in [0.25, 0.3) is 0 Å². The van der Waals surface area contributed by atoms with Crippen LogP contribution >= 0.6 is 11.3 Å². The van der Waals surface area contributed by atoms with Crippen LogP contribution in [0.15, 0.2) is 36.9 Å². The first-order valence-corrected chi connectivity index (χ1v) is 10.0. The number of nitrogens with two attached hydrogens (primary N) is 1. The SMILES string of the molecule is Nc1nc2cc(Nc3ccncn3)cnc2cc1-c1nnc(C2CCCC2)s1. The Balaban J connectivity index is 1.46. The van der Waals surface area contributed by atoms with Crippen LogP contribution in [-0.4, -0.2) is 30.1 Å². The van der Waals surface area contributed by atoms with E-state index in [-0.39, 0.29) is 0 Å². The number of aromatic nitrogens is 6. The van der Waals surface area contributed by atoms with Crippen LogP contribution in [0.2, 0.25) is 0 Å². The van der Waals surface area contributed by atoms with Crippen LogP contribution in [0.25, 0.3) is 21.6 Å². The Morgan fingerprint density at radius 3 is 2.79 bits per heavy atom. The van der Waals surface area contributed by atoms with E-state index in [1.54, 1.807) is 29.8 Å². The van der Waals surface area contributed by atoms with Gasteiger partial charge in [-0.1, -0.05) is 24.2 Å². The van der Waals surface area contributed by atoms with Crippen molar-refractivity contribution in [1.29, 1.82) is 0 Å². The average Bonchev–Trinajstić information content (AvgIpc) is 3.40. The van der Waals surface area contributed by atoms with Crippen molar-refractivity contribution in [3.8, 4) is 10.6 Å². The molecular weight excluding hydrogens is 372 g/mol. The molecule has 1 saturated carbocycles. The first kappa shape index (κ1) is 16.9. The van der Waals surface area contributed by atoms with E-state index in [0.717, 1.165) is 26.8 Å². The summed E-state index contributed by atoms with van der Waals surface area (Å²) in [5, 5.41) is 13.9. The molecule has 8 nitrogen and oxygen atoms in total. The Bertz CT molecular complexity index is 1120. The minimum Gasteiger partial charge on any atom is -0.383 e. The molecule has 4 aromatic rings. The first-order valence-electron chi connectivity index (χ1n) is 9.19. The normalized spacial score (nSPS) is 14.6. The zero-order chi connectivity index (χ0) is 18.9. The van der Waals surface area contributed by atoms with Crippen molar-refractivity contribution < 1.29 is 0 Å². The van der Waals surface area contributed by atoms with Crippen molar-refractivity contribution in [2.45, 2.75) is 31.6 Å². The van der Waals surface area contributed by atoms with Crippen molar-refractivity contribution in [3.05, 3.63) is 41.9 Å². The van der Waals surface area contributed by atoms with Gasteiger partial charge in [-0.15, -0.1) is 10.2 Å². The van der Waals surface area contributed by atoms with E-state index in [1.165, 1.54) is 32.0 Å². The lowest BCUT2D eigenvalue weighted by Gasteiger charge is -2.07. The molecule has 0 bridgehead atoms. The third kappa shape index (κ3) is 3.24. The summed E-state index contributed by atoms with van der Waals surface area (Å²) in [7, 11) is 0. The first-order chi connectivity index (χ1) is 13.8. The van der Waals surface area contributed by atoms with Gasteiger partial charge in [-0.2, -0.15) is 0 Å². The van der Waals surface area contributed by atoms with E-state index in [0.29, 0.717) is 23.1 Å². The second-order valence-electron chi connectivity index (χ2n) is 6.83. The summed E-state index contributed by atoms with van der Waals surface area (Å²) >= 11 is 1.61. The summed E-state index contributed by atoms with van der Waals surface area (Å²) in [5.74, 6) is 1.66. The van der Waals surface area contributed by atoms with Gasteiger partial charge in [-0.25, -0.2) is 15.0 Å². The maximum atomic E-state index is 6.24. The molecule has 0 spiro atoms. The maximum absolute atomic E-state index is 6.24. The minimum atomic E-state index is 0.433. The highest BCUT2D eigenvalue weighted by atomic mass is 32.1. The zero-order valence-corrected chi connectivity index (χ0v) is 15.9. The van der Waals surface area contributed by atoms with Gasteiger partial charge in [0.05, 0.1) is 28.5 Å². The number of pyridine rings is 2. The molecule has 0 amide bonds. The third-order valence-corrected chi connectivity index (χ3v) is 6.04. The minimum absolute atomic E-state index is 0.433. The van der Waals surface area contributed by atoms with E-state index in [4.69, 9.17) is 5.73 Å². The Hall–Kier alpha value is -3.20. The molecule has 4 heterocycles. The molecule has 0 radical (unpaired) electrons. The van der Waals surface area contributed by atoms with Crippen LogP contribution in [0.4, 0.5) is 17.3 Å². The molecule has 140 valence electrons. The standard InChI is InChI=1S/C19H18N8S/c20-17-13(19-27-26-18(28-19)11-3-1-2-4-11)8-14-15(25-17)7-12(9-22-14)24-16-5-6-21-10-23-16/h5-11H,1-4H2,(H2,20,25)(H,21,23,24). The average molecular weight is 390 g/mol. The number of hydrogen-bond acceptors (Lipinski definition) is 9. The molecule has 0 atom stereocenters. The fourth-order valence-corrected chi connectivity index (χ4v) is 4.54. The fourth-order valence-electron chi connectivity index (χ4n) is 3.50. The molecule has 0 aliphatic heterocycles. The van der Waals surface area contributed by atoms with Crippen molar-refractivity contribution >= 4 is 39.7 Å². The number of nitrogens with one attached hydrogen (secondary N) is 1. The predicted octanol–water partition coefficient (Wildman–Crippen LogP) is 3.92. The van der Waals surface area contributed by atoms with E-state index >= 15 is 0 Å². The second kappa shape index (κ2) is 7.08. The molecule has 0 unspecified atom stereocenters. The van der Waals surface area contributed by atoms with Gasteiger partial charge < -0.3 is 11.1 Å². The molecule has 28 heavy (non-hydrogen) atoms. The number of anilines is 3. The lowest BCUT2D eigenvalue weighted by molar-refractivity contribution is 0.705. The quantitative estimate of drug-likeness (QED) is 0.539. The van der Waals surface area contributed by atoms with Crippen molar-refractivity contribution in [2.24, 2.45) is 0 Å². The summed E-state index contributed by atoms with van der Waals surface area (Å²) < 4.78 is 0. The van der Waals surface area contributed by atoms with Gasteiger partial charge >= 0.3 is 0 Å². The molecule has 1 aliphatic carbocycles. The van der Waals surface area contributed by atoms with Crippen molar-refractivity contribution in [1.82, 2.24) is 30.1 Å². The summed E-state index contributed by atoms with van der Waals surface area (Å²) in [6.07, 6.45) is 9.85. The van der Waals surface area contributed by atoms with Gasteiger partial charge in [0.1, 0.15) is 23.0 Å². The number of rotatable bonds is 4. The molecular formula is C19H18N8S. The smallest absolute Gasteiger partial charge is 0.151 e. The van der Waals surface area contributed by atoms with Crippen LogP contribution in [0.5, 0.6) is 0 Å².